The number of aryl methyl sites for hydroxylation is 1. The number of halogens is 2. The van der Waals surface area contributed by atoms with Crippen LogP contribution in [0.4, 0.5) is 10.8 Å². The predicted octanol–water partition coefficient (Wildman–Crippen LogP) is 8.44. The summed E-state index contributed by atoms with van der Waals surface area (Å²) in [6, 6.07) is 26.6. The van der Waals surface area contributed by atoms with Gasteiger partial charge in [0.05, 0.1) is 15.5 Å². The minimum Gasteiger partial charge on any atom is -0.321 e. The third-order valence-corrected chi connectivity index (χ3v) is 9.05. The number of carbonyl (C=O) groups excluding carboxylic acids is 3. The van der Waals surface area contributed by atoms with Crippen molar-refractivity contribution >= 4 is 91.1 Å². The normalized spacial score (nSPS) is 12.0. The average molecular weight is 662 g/mol. The van der Waals surface area contributed by atoms with Crippen molar-refractivity contribution in [3.63, 3.8) is 0 Å². The van der Waals surface area contributed by atoms with Gasteiger partial charge < -0.3 is 16.0 Å². The van der Waals surface area contributed by atoms with Gasteiger partial charge >= 0.3 is 0 Å². The Kier molecular flexibility index (Phi) is 10.0. The predicted molar refractivity (Wildman–Crippen MR) is 182 cm³/mol. The van der Waals surface area contributed by atoms with E-state index in [9.17, 15) is 14.4 Å². The van der Waals surface area contributed by atoms with Gasteiger partial charge in [0.1, 0.15) is 5.70 Å². The molecule has 3 amide bonds. The number of amides is 3. The van der Waals surface area contributed by atoms with Crippen LogP contribution < -0.4 is 16.0 Å². The lowest BCUT2D eigenvalue weighted by atomic mass is 10.1. The number of nitrogens with one attached hydrogen (secondary N) is 3. The van der Waals surface area contributed by atoms with Crippen LogP contribution in [0.5, 0.6) is 0 Å². The third kappa shape index (κ3) is 7.86. The Labute approximate surface area is 272 Å². The molecular formula is C33H26Cl2N4O3S2. The van der Waals surface area contributed by atoms with Crippen molar-refractivity contribution in [2.24, 2.45) is 0 Å². The molecule has 0 fully saturated rings. The van der Waals surface area contributed by atoms with Crippen LogP contribution in [0.15, 0.2) is 102 Å². The number of thiazole rings is 1. The number of nitrogens with zero attached hydrogens (tertiary/aromatic N) is 1. The molecule has 1 unspecified atom stereocenters. The first-order valence-electron chi connectivity index (χ1n) is 13.4. The third-order valence-electron chi connectivity index (χ3n) is 6.37. The van der Waals surface area contributed by atoms with Gasteiger partial charge in [-0.1, -0.05) is 70.9 Å². The van der Waals surface area contributed by atoms with E-state index in [4.69, 9.17) is 23.2 Å². The molecule has 44 heavy (non-hydrogen) atoms. The molecule has 0 spiro atoms. The highest BCUT2D eigenvalue weighted by molar-refractivity contribution is 8.00. The van der Waals surface area contributed by atoms with Crippen LogP contribution >= 0.6 is 46.3 Å². The number of aromatic nitrogens is 1. The summed E-state index contributed by atoms with van der Waals surface area (Å²) in [5, 5.41) is 9.16. The van der Waals surface area contributed by atoms with E-state index >= 15 is 0 Å². The topological polar surface area (TPSA) is 100 Å². The van der Waals surface area contributed by atoms with Crippen LogP contribution in [0.1, 0.15) is 28.4 Å². The van der Waals surface area contributed by atoms with Gasteiger partial charge in [-0.05, 0) is 80.1 Å². The summed E-state index contributed by atoms with van der Waals surface area (Å²) in [4.78, 5) is 44.7. The highest BCUT2D eigenvalue weighted by atomic mass is 35.5. The summed E-state index contributed by atoms with van der Waals surface area (Å²) in [7, 11) is 0. The molecule has 222 valence electrons. The second-order valence-corrected chi connectivity index (χ2v) is 13.0. The molecule has 7 nitrogen and oxygen atoms in total. The van der Waals surface area contributed by atoms with Gasteiger partial charge in [-0.25, -0.2) is 4.98 Å². The molecule has 0 radical (unpaired) electrons. The number of hydrogen-bond acceptors (Lipinski definition) is 6. The van der Waals surface area contributed by atoms with Gasteiger partial charge in [-0.2, -0.15) is 0 Å². The number of hydrogen-bond donors (Lipinski definition) is 3. The summed E-state index contributed by atoms with van der Waals surface area (Å²) >= 11 is 15.5. The van der Waals surface area contributed by atoms with Crippen LogP contribution in [0.2, 0.25) is 10.0 Å². The Balaban J connectivity index is 1.30. The molecule has 0 saturated carbocycles. The van der Waals surface area contributed by atoms with Crippen LogP contribution in [-0.4, -0.2) is 28.0 Å². The number of carbonyl (C=O) groups is 3. The summed E-state index contributed by atoms with van der Waals surface area (Å²) < 4.78 is 1.01. The molecule has 1 atom stereocenters. The van der Waals surface area contributed by atoms with E-state index in [1.807, 2.05) is 31.2 Å². The van der Waals surface area contributed by atoms with Gasteiger partial charge in [-0.3, -0.25) is 14.4 Å². The van der Waals surface area contributed by atoms with Crippen molar-refractivity contribution in [1.82, 2.24) is 10.3 Å². The van der Waals surface area contributed by atoms with Crippen LogP contribution in [0, 0.1) is 6.92 Å². The highest BCUT2D eigenvalue weighted by Gasteiger charge is 2.19. The lowest BCUT2D eigenvalue weighted by Crippen LogP contribution is -2.30. The fourth-order valence-electron chi connectivity index (χ4n) is 4.13. The van der Waals surface area contributed by atoms with Crippen LogP contribution in [-0.2, 0) is 9.59 Å². The van der Waals surface area contributed by atoms with Crippen molar-refractivity contribution in [1.29, 1.82) is 0 Å². The second-order valence-electron chi connectivity index (χ2n) is 9.73. The van der Waals surface area contributed by atoms with E-state index in [0.717, 1.165) is 20.7 Å². The second kappa shape index (κ2) is 14.1. The minimum absolute atomic E-state index is 0.0503. The molecule has 5 rings (SSSR count). The van der Waals surface area contributed by atoms with E-state index in [1.165, 1.54) is 29.2 Å². The average Bonchev–Trinajstić information content (AvgIpc) is 3.40. The largest absolute Gasteiger partial charge is 0.321 e. The first-order valence-corrected chi connectivity index (χ1v) is 15.9. The number of thioether (sulfide) groups is 1. The van der Waals surface area contributed by atoms with Crippen molar-refractivity contribution in [2.75, 3.05) is 10.6 Å². The zero-order valence-corrected chi connectivity index (χ0v) is 26.7. The Hall–Kier alpha value is -4.15. The standard InChI is InChI=1S/C33H26Cl2N4O3S2/c1-19-14-15-27-29(16-19)44-33(38-27)39-30(40)20(2)43-23-11-6-10-22(17-23)36-32(42)28(18-24-25(34)12-7-13-26(24)35)37-31(41)21-8-4-3-5-9-21/h3-18,20H,1-2H3,(H,36,42)(H,37,41)(H,38,39,40)/b28-18+. The van der Waals surface area contributed by atoms with Crippen molar-refractivity contribution < 1.29 is 14.4 Å². The van der Waals surface area contributed by atoms with Gasteiger partial charge in [-0.15, -0.1) is 11.8 Å². The molecule has 0 aliphatic carbocycles. The quantitative estimate of drug-likeness (QED) is 0.109. The monoisotopic (exact) mass is 660 g/mol. The fourth-order valence-corrected chi connectivity index (χ4v) is 6.53. The van der Waals surface area contributed by atoms with Crippen LogP contribution in [0.3, 0.4) is 0 Å². The smallest absolute Gasteiger partial charge is 0.272 e. The summed E-state index contributed by atoms with van der Waals surface area (Å²) in [5.41, 5.74) is 3.16. The molecule has 3 N–H and O–H groups in total. The zero-order chi connectivity index (χ0) is 31.2. The van der Waals surface area contributed by atoms with E-state index in [2.05, 4.69) is 20.9 Å². The van der Waals surface area contributed by atoms with Crippen molar-refractivity contribution in [2.45, 2.75) is 24.0 Å². The molecule has 1 aromatic heterocycles. The van der Waals surface area contributed by atoms with Crippen LogP contribution in [0.25, 0.3) is 16.3 Å². The van der Waals surface area contributed by atoms with Gasteiger partial charge in [0.15, 0.2) is 5.13 Å². The SMILES string of the molecule is Cc1ccc2nc(NC(=O)C(C)Sc3cccc(NC(=O)/C(=C\c4c(Cl)cccc4Cl)NC(=O)c4ccccc4)c3)sc2c1. The molecule has 1 heterocycles. The summed E-state index contributed by atoms with van der Waals surface area (Å²) in [5.74, 6) is -1.24. The van der Waals surface area contributed by atoms with Crippen molar-refractivity contribution in [3.8, 4) is 0 Å². The molecule has 0 bridgehead atoms. The number of rotatable bonds is 9. The van der Waals surface area contributed by atoms with Gasteiger partial charge in [0.2, 0.25) is 5.91 Å². The van der Waals surface area contributed by atoms with E-state index in [1.54, 1.807) is 73.7 Å². The molecule has 11 heteroatoms. The summed E-state index contributed by atoms with van der Waals surface area (Å²) in [6.07, 6.45) is 1.44. The Morgan fingerprint density at radius 1 is 0.886 bits per heavy atom. The first kappa shape index (κ1) is 31.3. The molecule has 0 saturated heterocycles. The van der Waals surface area contributed by atoms with Gasteiger partial charge in [0.25, 0.3) is 11.8 Å². The lowest BCUT2D eigenvalue weighted by molar-refractivity contribution is -0.115. The van der Waals surface area contributed by atoms with Gasteiger partial charge in [0, 0.05) is 31.8 Å². The Morgan fingerprint density at radius 2 is 1.61 bits per heavy atom. The number of fused-ring (bicyclic) bond motifs is 1. The zero-order valence-electron chi connectivity index (χ0n) is 23.6. The van der Waals surface area contributed by atoms with Crippen molar-refractivity contribution in [3.05, 3.63) is 123 Å². The molecule has 0 aliphatic rings. The van der Waals surface area contributed by atoms with E-state index < -0.39 is 17.1 Å². The van der Waals surface area contributed by atoms with E-state index in [-0.39, 0.29) is 11.6 Å². The lowest BCUT2D eigenvalue weighted by Gasteiger charge is -2.14. The molecule has 4 aromatic carbocycles. The highest BCUT2D eigenvalue weighted by Crippen LogP contribution is 2.30. The first-order chi connectivity index (χ1) is 21.2. The fraction of sp³-hybridized carbons (Fsp3) is 0.0909. The maximum atomic E-state index is 13.5. The molecular weight excluding hydrogens is 635 g/mol. The minimum atomic E-state index is -0.579. The summed E-state index contributed by atoms with van der Waals surface area (Å²) in [6.45, 7) is 3.81. The molecule has 5 aromatic rings. The maximum Gasteiger partial charge on any atom is 0.272 e. The Bertz CT molecular complexity index is 1870. The maximum absolute atomic E-state index is 13.5. The number of anilines is 2. The van der Waals surface area contributed by atoms with E-state index in [0.29, 0.717) is 32.0 Å². The Morgan fingerprint density at radius 3 is 2.36 bits per heavy atom. The number of benzene rings is 4. The molecule has 0 aliphatic heterocycles.